The molecule has 0 bridgehead atoms. The van der Waals surface area contributed by atoms with Crippen molar-refractivity contribution in [3.05, 3.63) is 28.8 Å². The van der Waals surface area contributed by atoms with E-state index in [1.807, 2.05) is 0 Å². The van der Waals surface area contributed by atoms with Crippen LogP contribution in [-0.4, -0.2) is 24.2 Å². The minimum absolute atomic E-state index is 0.144. The highest BCUT2D eigenvalue weighted by Gasteiger charge is 2.24. The number of nitrogens with two attached hydrogens (primary N) is 1. The summed E-state index contributed by atoms with van der Waals surface area (Å²) in [6, 6.07) is 4.88. The summed E-state index contributed by atoms with van der Waals surface area (Å²) in [5, 5.41) is 12.7. The van der Waals surface area contributed by atoms with Crippen molar-refractivity contribution in [2.75, 3.05) is 18.9 Å². The van der Waals surface area contributed by atoms with Crippen molar-refractivity contribution in [3.8, 4) is 0 Å². The van der Waals surface area contributed by atoms with Crippen LogP contribution in [0.5, 0.6) is 0 Å². The predicted octanol–water partition coefficient (Wildman–Crippen LogP) is 2.45. The number of hydrogen-bond acceptors (Lipinski definition) is 3. The van der Waals surface area contributed by atoms with Crippen molar-refractivity contribution in [1.29, 1.82) is 0 Å². The number of nitrogen functional groups attached to an aromatic ring is 1. The molecule has 0 spiro atoms. The van der Waals surface area contributed by atoms with Crippen molar-refractivity contribution >= 4 is 23.2 Å². The fourth-order valence-electron chi connectivity index (χ4n) is 2.79. The van der Waals surface area contributed by atoms with Crippen molar-refractivity contribution < 1.29 is 9.90 Å². The first kappa shape index (κ1) is 15.1. The molecular weight excluding hydrogens is 276 g/mol. The van der Waals surface area contributed by atoms with Crippen molar-refractivity contribution in [1.82, 2.24) is 5.32 Å². The number of anilines is 1. The first-order valence-corrected chi connectivity index (χ1v) is 7.43. The Kier molecular flexibility index (Phi) is 5.26. The molecule has 1 fully saturated rings. The smallest absolute Gasteiger partial charge is 0.251 e. The van der Waals surface area contributed by atoms with Gasteiger partial charge >= 0.3 is 0 Å². The van der Waals surface area contributed by atoms with Gasteiger partial charge in [0.25, 0.3) is 5.91 Å². The number of carbonyl (C=O) groups is 1. The molecule has 2 rings (SSSR count). The number of halogens is 1. The summed E-state index contributed by atoms with van der Waals surface area (Å²) in [6.07, 6.45) is 4.45. The average Bonchev–Trinajstić information content (AvgIpc) is 2.47. The maximum atomic E-state index is 12.1. The van der Waals surface area contributed by atoms with E-state index in [-0.39, 0.29) is 12.5 Å². The van der Waals surface area contributed by atoms with Crippen LogP contribution < -0.4 is 11.1 Å². The molecule has 0 heterocycles. The van der Waals surface area contributed by atoms with E-state index in [1.54, 1.807) is 18.2 Å². The van der Waals surface area contributed by atoms with Gasteiger partial charge in [-0.1, -0.05) is 24.4 Å². The molecule has 0 aromatic heterocycles. The minimum Gasteiger partial charge on any atom is -0.398 e. The molecular formula is C15H21ClN2O2. The maximum Gasteiger partial charge on any atom is 0.251 e. The second kappa shape index (κ2) is 6.95. The van der Waals surface area contributed by atoms with E-state index < -0.39 is 0 Å². The molecule has 0 radical (unpaired) electrons. The zero-order valence-electron chi connectivity index (χ0n) is 11.4. The lowest BCUT2D eigenvalue weighted by molar-refractivity contribution is 0.0909. The lowest BCUT2D eigenvalue weighted by atomic mass is 9.79. The zero-order valence-corrected chi connectivity index (χ0v) is 12.2. The van der Waals surface area contributed by atoms with E-state index in [0.717, 1.165) is 12.8 Å². The van der Waals surface area contributed by atoms with Crippen LogP contribution in [0.2, 0.25) is 5.02 Å². The monoisotopic (exact) mass is 296 g/mol. The quantitative estimate of drug-likeness (QED) is 0.747. The van der Waals surface area contributed by atoms with Gasteiger partial charge in [-0.3, -0.25) is 4.79 Å². The van der Waals surface area contributed by atoms with Crippen LogP contribution >= 0.6 is 11.6 Å². The highest BCUT2D eigenvalue weighted by atomic mass is 35.5. The Morgan fingerprint density at radius 1 is 1.35 bits per heavy atom. The first-order chi connectivity index (χ1) is 9.61. The fraction of sp³-hybridized carbons (Fsp3) is 0.533. The van der Waals surface area contributed by atoms with Gasteiger partial charge in [-0.15, -0.1) is 0 Å². The van der Waals surface area contributed by atoms with Gasteiger partial charge in [0, 0.05) is 18.7 Å². The number of hydrogen-bond donors (Lipinski definition) is 3. The molecule has 4 nitrogen and oxygen atoms in total. The molecule has 110 valence electrons. The highest BCUT2D eigenvalue weighted by molar-refractivity contribution is 6.33. The van der Waals surface area contributed by atoms with E-state index in [4.69, 9.17) is 17.3 Å². The molecule has 2 unspecified atom stereocenters. The number of rotatable bonds is 4. The van der Waals surface area contributed by atoms with Crippen LogP contribution in [0.4, 0.5) is 5.69 Å². The van der Waals surface area contributed by atoms with E-state index in [2.05, 4.69) is 5.32 Å². The number of nitrogens with one attached hydrogen (secondary N) is 1. The van der Waals surface area contributed by atoms with E-state index in [1.165, 1.54) is 12.8 Å². The molecule has 0 saturated heterocycles. The van der Waals surface area contributed by atoms with Crippen LogP contribution in [0.15, 0.2) is 18.2 Å². The van der Waals surface area contributed by atoms with Crippen molar-refractivity contribution in [2.45, 2.75) is 25.7 Å². The molecule has 1 aromatic carbocycles. The molecule has 1 amide bonds. The number of benzene rings is 1. The number of amides is 1. The number of aliphatic hydroxyl groups is 1. The van der Waals surface area contributed by atoms with Gasteiger partial charge in [0.15, 0.2) is 0 Å². The molecule has 1 aliphatic rings. The molecule has 0 aliphatic heterocycles. The third kappa shape index (κ3) is 3.64. The van der Waals surface area contributed by atoms with Gasteiger partial charge in [-0.05, 0) is 42.9 Å². The second-order valence-electron chi connectivity index (χ2n) is 5.43. The van der Waals surface area contributed by atoms with Crippen molar-refractivity contribution in [2.24, 2.45) is 11.8 Å². The van der Waals surface area contributed by atoms with Gasteiger partial charge in [0.2, 0.25) is 0 Å². The molecule has 2 atom stereocenters. The van der Waals surface area contributed by atoms with E-state index in [0.29, 0.717) is 34.7 Å². The lowest BCUT2D eigenvalue weighted by Gasteiger charge is -2.30. The second-order valence-corrected chi connectivity index (χ2v) is 5.84. The summed E-state index contributed by atoms with van der Waals surface area (Å²) in [5.74, 6) is 0.523. The highest BCUT2D eigenvalue weighted by Crippen LogP contribution is 2.29. The zero-order chi connectivity index (χ0) is 14.5. The normalized spacial score (nSPS) is 22.5. The molecule has 1 saturated carbocycles. The predicted molar refractivity (Wildman–Crippen MR) is 80.7 cm³/mol. The van der Waals surface area contributed by atoms with E-state index in [9.17, 15) is 9.90 Å². The third-order valence-electron chi connectivity index (χ3n) is 4.09. The molecule has 20 heavy (non-hydrogen) atoms. The fourth-order valence-corrected chi connectivity index (χ4v) is 2.97. The van der Waals surface area contributed by atoms with Gasteiger partial charge in [-0.2, -0.15) is 0 Å². The van der Waals surface area contributed by atoms with Gasteiger partial charge in [-0.25, -0.2) is 0 Å². The summed E-state index contributed by atoms with van der Waals surface area (Å²) in [4.78, 5) is 12.1. The van der Waals surface area contributed by atoms with Crippen LogP contribution in [0.25, 0.3) is 0 Å². The maximum absolute atomic E-state index is 12.1. The summed E-state index contributed by atoms with van der Waals surface area (Å²) < 4.78 is 0. The summed E-state index contributed by atoms with van der Waals surface area (Å²) >= 11 is 5.91. The topological polar surface area (TPSA) is 75.4 Å². The lowest BCUT2D eigenvalue weighted by Crippen LogP contribution is -2.35. The largest absolute Gasteiger partial charge is 0.398 e. The summed E-state index contributed by atoms with van der Waals surface area (Å²) in [6.45, 7) is 0.806. The molecule has 1 aliphatic carbocycles. The van der Waals surface area contributed by atoms with Crippen LogP contribution in [-0.2, 0) is 0 Å². The Hall–Kier alpha value is -1.26. The summed E-state index contributed by atoms with van der Waals surface area (Å²) in [5.41, 5.74) is 6.61. The van der Waals surface area contributed by atoms with Gasteiger partial charge in [0.05, 0.1) is 10.7 Å². The average molecular weight is 297 g/mol. The Labute approximate surface area is 124 Å². The molecule has 1 aromatic rings. The SMILES string of the molecule is Nc1ccc(C(=O)NCC2CCCCC2CO)cc1Cl. The van der Waals surface area contributed by atoms with Crippen molar-refractivity contribution in [3.63, 3.8) is 0 Å². The van der Waals surface area contributed by atoms with Crippen LogP contribution in [0.3, 0.4) is 0 Å². The Balaban J connectivity index is 1.92. The van der Waals surface area contributed by atoms with E-state index >= 15 is 0 Å². The van der Waals surface area contributed by atoms with Crippen LogP contribution in [0, 0.1) is 11.8 Å². The van der Waals surface area contributed by atoms with Gasteiger partial charge < -0.3 is 16.2 Å². The standard InChI is InChI=1S/C15H21ClN2O2/c16-13-7-10(5-6-14(13)17)15(20)18-8-11-3-1-2-4-12(11)9-19/h5-7,11-12,19H,1-4,8-9,17H2,(H,18,20). The van der Waals surface area contributed by atoms with Crippen LogP contribution in [0.1, 0.15) is 36.0 Å². The minimum atomic E-state index is -0.144. The Morgan fingerprint density at radius 2 is 2.05 bits per heavy atom. The van der Waals surface area contributed by atoms with Gasteiger partial charge in [0.1, 0.15) is 0 Å². The Bertz CT molecular complexity index is 479. The Morgan fingerprint density at radius 3 is 2.70 bits per heavy atom. The third-order valence-corrected chi connectivity index (χ3v) is 4.42. The summed E-state index contributed by atoms with van der Waals surface area (Å²) in [7, 11) is 0. The molecule has 5 heteroatoms. The first-order valence-electron chi connectivity index (χ1n) is 7.06. The number of aliphatic hydroxyl groups excluding tert-OH is 1. The molecule has 4 N–H and O–H groups in total. The number of carbonyl (C=O) groups excluding carboxylic acids is 1.